The molecule has 1 aliphatic carbocycles. The molecule has 1 unspecified atom stereocenters. The van der Waals surface area contributed by atoms with Gasteiger partial charge in [-0.05, 0) is 25.2 Å². The molecule has 0 aromatic rings. The lowest BCUT2D eigenvalue weighted by atomic mass is 10.0. The molecular weight excluding hydrogens is 199 g/mol. The van der Waals surface area contributed by atoms with Crippen LogP contribution in [0.1, 0.15) is 19.3 Å². The van der Waals surface area contributed by atoms with Crippen LogP contribution in [0.5, 0.6) is 0 Å². The summed E-state index contributed by atoms with van der Waals surface area (Å²) in [6, 6.07) is 0. The third-order valence-corrected chi connectivity index (χ3v) is 2.68. The monoisotopic (exact) mass is 208 g/mol. The van der Waals surface area contributed by atoms with Gasteiger partial charge in [-0.1, -0.05) is 23.2 Å². The lowest BCUT2D eigenvalue weighted by Crippen LogP contribution is -2.15. The van der Waals surface area contributed by atoms with E-state index in [9.17, 15) is 4.79 Å². The van der Waals surface area contributed by atoms with Crippen LogP contribution in [0, 0.1) is 11.8 Å². The maximum absolute atomic E-state index is 10.7. The van der Waals surface area contributed by atoms with Crippen molar-refractivity contribution in [1.29, 1.82) is 0 Å². The van der Waals surface area contributed by atoms with Crippen LogP contribution in [0.2, 0.25) is 0 Å². The van der Waals surface area contributed by atoms with Crippen molar-refractivity contribution in [3.63, 3.8) is 0 Å². The maximum Gasteiger partial charge on any atom is 0.307 e. The van der Waals surface area contributed by atoms with Gasteiger partial charge in [0, 0.05) is 10.6 Å². The molecule has 1 atom stereocenters. The number of aliphatic carboxylic acids is 1. The predicted octanol–water partition coefficient (Wildman–Crippen LogP) is 2.81. The largest absolute Gasteiger partial charge is 0.481 e. The molecule has 0 amide bonds. The Kier molecular flexibility index (Phi) is 3.41. The van der Waals surface area contributed by atoms with Gasteiger partial charge in [0.05, 0.1) is 5.92 Å². The molecule has 0 radical (unpaired) electrons. The zero-order valence-electron chi connectivity index (χ0n) is 6.46. The van der Waals surface area contributed by atoms with E-state index in [1.165, 1.54) is 5.54 Å². The number of carbonyl (C=O) groups is 1. The highest BCUT2D eigenvalue weighted by Gasteiger charge is 2.36. The van der Waals surface area contributed by atoms with Crippen molar-refractivity contribution in [2.75, 3.05) is 0 Å². The number of hydrogen-bond donors (Lipinski definition) is 1. The molecule has 1 saturated carbocycles. The van der Waals surface area contributed by atoms with E-state index in [2.05, 4.69) is 0 Å². The number of allylic oxidation sites excluding steroid dienone is 1. The lowest BCUT2D eigenvalue weighted by molar-refractivity contribution is -0.142. The van der Waals surface area contributed by atoms with E-state index in [1.54, 1.807) is 0 Å². The molecule has 12 heavy (non-hydrogen) atoms. The van der Waals surface area contributed by atoms with Gasteiger partial charge in [-0.2, -0.15) is 0 Å². The zero-order valence-corrected chi connectivity index (χ0v) is 7.98. The van der Waals surface area contributed by atoms with Crippen molar-refractivity contribution < 1.29 is 9.90 Å². The predicted molar refractivity (Wildman–Crippen MR) is 48.3 cm³/mol. The Hall–Kier alpha value is -0.210. The van der Waals surface area contributed by atoms with Gasteiger partial charge in [0.2, 0.25) is 0 Å². The fourth-order valence-electron chi connectivity index (χ4n) is 1.21. The summed E-state index contributed by atoms with van der Waals surface area (Å²) < 4.78 is 0. The second-order valence-electron chi connectivity index (χ2n) is 3.04. The fourth-order valence-corrected chi connectivity index (χ4v) is 1.46. The molecule has 1 rings (SSSR count). The standard InChI is InChI=1S/C8H10Cl2O2/c9-4-6(10)3-7(8(11)12)5-1-2-5/h4-5,7H,1-3H2,(H,11,12). The minimum atomic E-state index is -0.769. The van der Waals surface area contributed by atoms with Gasteiger partial charge < -0.3 is 5.11 Å². The number of hydrogen-bond acceptors (Lipinski definition) is 1. The molecule has 0 spiro atoms. The van der Waals surface area contributed by atoms with Crippen LogP contribution >= 0.6 is 23.2 Å². The van der Waals surface area contributed by atoms with Gasteiger partial charge in [-0.15, -0.1) is 0 Å². The molecular formula is C8H10Cl2O2. The Labute approximate surface area is 81.2 Å². The summed E-state index contributed by atoms with van der Waals surface area (Å²) in [5, 5.41) is 9.23. The van der Waals surface area contributed by atoms with E-state index < -0.39 is 5.97 Å². The molecule has 0 aromatic heterocycles. The molecule has 0 aliphatic heterocycles. The number of carboxylic acids is 1. The molecule has 4 heteroatoms. The van der Waals surface area contributed by atoms with E-state index in [0.29, 0.717) is 17.4 Å². The summed E-state index contributed by atoms with van der Waals surface area (Å²) >= 11 is 11.0. The minimum absolute atomic E-state index is 0.313. The van der Waals surface area contributed by atoms with Gasteiger partial charge in [0.25, 0.3) is 0 Å². The lowest BCUT2D eigenvalue weighted by Gasteiger charge is -2.08. The van der Waals surface area contributed by atoms with E-state index in [4.69, 9.17) is 28.3 Å². The second-order valence-corrected chi connectivity index (χ2v) is 3.75. The summed E-state index contributed by atoms with van der Waals surface area (Å²) in [5.41, 5.74) is 1.24. The summed E-state index contributed by atoms with van der Waals surface area (Å²) in [5.74, 6) is -0.797. The molecule has 0 heterocycles. The first-order chi connectivity index (χ1) is 5.65. The van der Waals surface area contributed by atoms with Gasteiger partial charge in [0.15, 0.2) is 0 Å². The van der Waals surface area contributed by atoms with Crippen LogP contribution < -0.4 is 0 Å². The van der Waals surface area contributed by atoms with Crippen molar-refractivity contribution in [1.82, 2.24) is 0 Å². The molecule has 2 nitrogen and oxygen atoms in total. The van der Waals surface area contributed by atoms with Crippen molar-refractivity contribution in [3.05, 3.63) is 10.6 Å². The van der Waals surface area contributed by atoms with Crippen LogP contribution in [-0.2, 0) is 4.79 Å². The van der Waals surface area contributed by atoms with Gasteiger partial charge >= 0.3 is 5.97 Å². The molecule has 1 N–H and O–H groups in total. The van der Waals surface area contributed by atoms with Crippen LogP contribution in [0.4, 0.5) is 0 Å². The summed E-state index contributed by atoms with van der Waals surface area (Å²) in [6.07, 6.45) is 2.37. The zero-order chi connectivity index (χ0) is 9.14. The Morgan fingerprint density at radius 2 is 2.25 bits per heavy atom. The third kappa shape index (κ3) is 2.68. The Morgan fingerprint density at radius 3 is 2.58 bits per heavy atom. The highest BCUT2D eigenvalue weighted by atomic mass is 35.5. The van der Waals surface area contributed by atoms with Crippen LogP contribution in [0.25, 0.3) is 0 Å². The average molecular weight is 209 g/mol. The summed E-state index contributed by atoms with van der Waals surface area (Å²) in [6.45, 7) is 0. The first-order valence-corrected chi connectivity index (χ1v) is 4.64. The van der Waals surface area contributed by atoms with Crippen LogP contribution in [0.3, 0.4) is 0 Å². The smallest absolute Gasteiger partial charge is 0.307 e. The van der Waals surface area contributed by atoms with Crippen molar-refractivity contribution in [2.24, 2.45) is 11.8 Å². The highest BCUT2D eigenvalue weighted by Crippen LogP contribution is 2.40. The number of carboxylic acid groups (broad SMARTS) is 1. The average Bonchev–Trinajstić information content (AvgIpc) is 2.81. The molecule has 0 saturated heterocycles. The molecule has 1 aliphatic rings. The van der Waals surface area contributed by atoms with Crippen molar-refractivity contribution in [2.45, 2.75) is 19.3 Å². The van der Waals surface area contributed by atoms with Crippen LogP contribution in [-0.4, -0.2) is 11.1 Å². The summed E-state index contributed by atoms with van der Waals surface area (Å²) in [7, 11) is 0. The summed E-state index contributed by atoms with van der Waals surface area (Å²) in [4.78, 5) is 10.7. The quantitative estimate of drug-likeness (QED) is 0.772. The maximum atomic E-state index is 10.7. The Balaban J connectivity index is 2.48. The number of rotatable bonds is 4. The number of halogens is 2. The van der Waals surface area contributed by atoms with Gasteiger partial charge in [0.1, 0.15) is 0 Å². The van der Waals surface area contributed by atoms with Gasteiger partial charge in [-0.3, -0.25) is 4.79 Å². The van der Waals surface area contributed by atoms with Gasteiger partial charge in [-0.25, -0.2) is 0 Å². The SMILES string of the molecule is O=C(O)C(CC(Cl)=CCl)C1CC1. The normalized spacial score (nSPS) is 20.7. The molecule has 0 aromatic carbocycles. The van der Waals surface area contributed by atoms with E-state index in [1.807, 2.05) is 0 Å². The van der Waals surface area contributed by atoms with E-state index in [0.717, 1.165) is 12.8 Å². The topological polar surface area (TPSA) is 37.3 Å². The molecule has 68 valence electrons. The van der Waals surface area contributed by atoms with Crippen molar-refractivity contribution in [3.8, 4) is 0 Å². The Morgan fingerprint density at radius 1 is 1.67 bits per heavy atom. The second kappa shape index (κ2) is 4.15. The molecule has 0 bridgehead atoms. The minimum Gasteiger partial charge on any atom is -0.481 e. The Bertz CT molecular complexity index is 209. The van der Waals surface area contributed by atoms with E-state index in [-0.39, 0.29) is 5.92 Å². The van der Waals surface area contributed by atoms with Crippen LogP contribution in [0.15, 0.2) is 10.6 Å². The van der Waals surface area contributed by atoms with E-state index >= 15 is 0 Å². The fraction of sp³-hybridized carbons (Fsp3) is 0.625. The first kappa shape index (κ1) is 9.87. The first-order valence-electron chi connectivity index (χ1n) is 3.82. The molecule has 1 fully saturated rings. The van der Waals surface area contributed by atoms with Crippen molar-refractivity contribution >= 4 is 29.2 Å². The highest BCUT2D eigenvalue weighted by molar-refractivity contribution is 6.36. The third-order valence-electron chi connectivity index (χ3n) is 2.04.